The van der Waals surface area contributed by atoms with E-state index < -0.39 is 0 Å². The molecule has 5 heteroatoms. The molecular weight excluding hydrogens is 294 g/mol. The molecule has 0 saturated heterocycles. The molecule has 0 fully saturated rings. The summed E-state index contributed by atoms with van der Waals surface area (Å²) in [7, 11) is 0. The van der Waals surface area contributed by atoms with Gasteiger partial charge < -0.3 is 9.88 Å². The van der Waals surface area contributed by atoms with Crippen molar-refractivity contribution in [3.63, 3.8) is 0 Å². The lowest BCUT2D eigenvalue weighted by Gasteiger charge is -2.06. The minimum atomic E-state index is -0.0218. The van der Waals surface area contributed by atoms with E-state index in [-0.39, 0.29) is 5.91 Å². The number of benzene rings is 1. The van der Waals surface area contributed by atoms with E-state index in [2.05, 4.69) is 29.4 Å². The van der Waals surface area contributed by atoms with Gasteiger partial charge in [-0.3, -0.25) is 4.79 Å². The van der Waals surface area contributed by atoms with Gasteiger partial charge in [0.15, 0.2) is 5.13 Å². The second kappa shape index (κ2) is 5.25. The van der Waals surface area contributed by atoms with Crippen molar-refractivity contribution < 1.29 is 4.79 Å². The molecule has 112 valence electrons. The van der Waals surface area contributed by atoms with Crippen molar-refractivity contribution in [1.82, 2.24) is 9.55 Å². The number of thiazole rings is 1. The summed E-state index contributed by atoms with van der Waals surface area (Å²) in [6.07, 6.45) is 5.31. The highest BCUT2D eigenvalue weighted by Gasteiger charge is 2.18. The third-order valence-electron chi connectivity index (χ3n) is 4.19. The Kier molecular flexibility index (Phi) is 3.22. The maximum atomic E-state index is 12.3. The van der Waals surface area contributed by atoms with Gasteiger partial charge in [0.25, 0.3) is 0 Å². The lowest BCUT2D eigenvalue weighted by atomic mass is 10.1. The van der Waals surface area contributed by atoms with E-state index >= 15 is 0 Å². The number of anilines is 1. The number of hydrogen-bond acceptors (Lipinski definition) is 3. The number of aromatic nitrogens is 2. The first kappa shape index (κ1) is 13.5. The Morgan fingerprint density at radius 1 is 1.36 bits per heavy atom. The Bertz CT molecular complexity index is 841. The van der Waals surface area contributed by atoms with Crippen LogP contribution >= 0.6 is 11.3 Å². The Hall–Kier alpha value is -2.14. The minimum Gasteiger partial charge on any atom is -0.338 e. The molecule has 0 aliphatic heterocycles. The third-order valence-corrected chi connectivity index (χ3v) is 5.26. The number of amides is 1. The Morgan fingerprint density at radius 3 is 3.14 bits per heavy atom. The number of fused-ring (bicyclic) bond motifs is 2. The summed E-state index contributed by atoms with van der Waals surface area (Å²) >= 11 is 1.62. The second-order valence-electron chi connectivity index (χ2n) is 5.74. The zero-order valence-corrected chi connectivity index (χ0v) is 13.2. The fourth-order valence-electron chi connectivity index (χ4n) is 3.07. The lowest BCUT2D eigenvalue weighted by Crippen LogP contribution is -2.18. The molecule has 4 rings (SSSR count). The normalized spacial score (nSPS) is 13.5. The average Bonchev–Trinajstić information content (AvgIpc) is 3.14. The monoisotopic (exact) mass is 311 g/mol. The average molecular weight is 311 g/mol. The standard InChI is InChI=1S/C17H17N3OS/c1-11-4-2-6-14-12(11)8-9-20(14)10-16(21)19-17-18-13-5-3-7-15(13)22-17/h2,4,6,8-9H,3,5,7,10H2,1H3,(H,18,19,21). The summed E-state index contributed by atoms with van der Waals surface area (Å²) in [4.78, 5) is 18.1. The smallest absolute Gasteiger partial charge is 0.246 e. The maximum absolute atomic E-state index is 12.3. The number of nitrogens with zero attached hydrogens (tertiary/aromatic N) is 2. The molecule has 1 aromatic carbocycles. The van der Waals surface area contributed by atoms with Crippen LogP contribution in [0.4, 0.5) is 5.13 Å². The third kappa shape index (κ3) is 2.31. The van der Waals surface area contributed by atoms with E-state index in [1.807, 2.05) is 22.9 Å². The van der Waals surface area contributed by atoms with Crippen molar-refractivity contribution in [3.8, 4) is 0 Å². The first-order valence-corrected chi connectivity index (χ1v) is 8.35. The van der Waals surface area contributed by atoms with Crippen LogP contribution in [0.2, 0.25) is 0 Å². The van der Waals surface area contributed by atoms with E-state index in [4.69, 9.17) is 0 Å². The molecule has 0 bridgehead atoms. The van der Waals surface area contributed by atoms with E-state index in [9.17, 15) is 4.79 Å². The van der Waals surface area contributed by atoms with Crippen molar-refractivity contribution in [2.24, 2.45) is 0 Å². The summed E-state index contributed by atoms with van der Waals surface area (Å²) in [5.41, 5.74) is 3.49. The number of carbonyl (C=O) groups is 1. The van der Waals surface area contributed by atoms with Crippen LogP contribution < -0.4 is 5.32 Å². The van der Waals surface area contributed by atoms with Gasteiger partial charge in [-0.25, -0.2) is 4.98 Å². The lowest BCUT2D eigenvalue weighted by molar-refractivity contribution is -0.116. The first-order chi connectivity index (χ1) is 10.7. The quantitative estimate of drug-likeness (QED) is 0.804. The van der Waals surface area contributed by atoms with Crippen LogP contribution in [0.15, 0.2) is 30.5 Å². The van der Waals surface area contributed by atoms with Gasteiger partial charge in [0.1, 0.15) is 6.54 Å². The Balaban J connectivity index is 1.52. The Labute approximate surface area is 132 Å². The van der Waals surface area contributed by atoms with Crippen molar-refractivity contribution in [1.29, 1.82) is 0 Å². The number of aryl methyl sites for hydroxylation is 3. The largest absolute Gasteiger partial charge is 0.338 e. The fraction of sp³-hybridized carbons (Fsp3) is 0.294. The Morgan fingerprint density at radius 2 is 2.27 bits per heavy atom. The van der Waals surface area contributed by atoms with Gasteiger partial charge in [0.05, 0.1) is 5.69 Å². The van der Waals surface area contributed by atoms with Crippen LogP contribution in [0.5, 0.6) is 0 Å². The highest BCUT2D eigenvalue weighted by Crippen LogP contribution is 2.30. The summed E-state index contributed by atoms with van der Waals surface area (Å²) in [6.45, 7) is 2.40. The molecule has 1 N–H and O–H groups in total. The van der Waals surface area contributed by atoms with Crippen molar-refractivity contribution in [2.45, 2.75) is 32.7 Å². The topological polar surface area (TPSA) is 46.9 Å². The molecule has 3 aromatic rings. The van der Waals surface area contributed by atoms with Gasteiger partial charge in [-0.2, -0.15) is 0 Å². The van der Waals surface area contributed by atoms with Crippen LogP contribution in [0, 0.1) is 6.92 Å². The second-order valence-corrected chi connectivity index (χ2v) is 6.83. The van der Waals surface area contributed by atoms with Crippen molar-refractivity contribution in [2.75, 3.05) is 5.32 Å². The molecule has 22 heavy (non-hydrogen) atoms. The summed E-state index contributed by atoms with van der Waals surface area (Å²) in [5.74, 6) is -0.0218. The summed E-state index contributed by atoms with van der Waals surface area (Å²) in [5, 5.41) is 4.87. The van der Waals surface area contributed by atoms with Crippen LogP contribution in [0.25, 0.3) is 10.9 Å². The van der Waals surface area contributed by atoms with Crippen LogP contribution in [-0.2, 0) is 24.2 Å². The summed E-state index contributed by atoms with van der Waals surface area (Å²) in [6, 6.07) is 8.23. The SMILES string of the molecule is Cc1cccc2c1ccn2CC(=O)Nc1nc2c(s1)CCC2. The van der Waals surface area contributed by atoms with Crippen molar-refractivity contribution >= 4 is 33.3 Å². The molecule has 0 saturated carbocycles. The van der Waals surface area contributed by atoms with Crippen LogP contribution in [0.1, 0.15) is 22.6 Å². The number of hydrogen-bond donors (Lipinski definition) is 1. The van der Waals surface area contributed by atoms with E-state index in [1.54, 1.807) is 11.3 Å². The first-order valence-electron chi connectivity index (χ1n) is 7.53. The molecule has 0 atom stereocenters. The maximum Gasteiger partial charge on any atom is 0.246 e. The predicted octanol–water partition coefficient (Wildman–Crippen LogP) is 3.53. The zero-order chi connectivity index (χ0) is 15.1. The molecular formula is C17H17N3OS. The predicted molar refractivity (Wildman–Crippen MR) is 89.4 cm³/mol. The summed E-state index contributed by atoms with van der Waals surface area (Å²) < 4.78 is 1.99. The molecule has 2 aromatic heterocycles. The fourth-order valence-corrected chi connectivity index (χ4v) is 4.14. The highest BCUT2D eigenvalue weighted by atomic mass is 32.1. The number of carbonyl (C=O) groups excluding carboxylic acids is 1. The van der Waals surface area contributed by atoms with Crippen molar-refractivity contribution in [3.05, 3.63) is 46.6 Å². The van der Waals surface area contributed by atoms with E-state index in [0.717, 1.165) is 23.5 Å². The molecule has 2 heterocycles. The van der Waals surface area contributed by atoms with Gasteiger partial charge >= 0.3 is 0 Å². The molecule has 1 aliphatic carbocycles. The van der Waals surface area contributed by atoms with E-state index in [0.29, 0.717) is 6.54 Å². The van der Waals surface area contributed by atoms with Crippen LogP contribution in [0.3, 0.4) is 0 Å². The van der Waals surface area contributed by atoms with Gasteiger partial charge in [-0.1, -0.05) is 12.1 Å². The molecule has 1 amide bonds. The van der Waals surface area contributed by atoms with Gasteiger partial charge in [0.2, 0.25) is 5.91 Å². The van der Waals surface area contributed by atoms with Gasteiger partial charge in [0, 0.05) is 22.0 Å². The highest BCUT2D eigenvalue weighted by molar-refractivity contribution is 7.15. The van der Waals surface area contributed by atoms with Crippen LogP contribution in [-0.4, -0.2) is 15.5 Å². The van der Waals surface area contributed by atoms with Gasteiger partial charge in [-0.15, -0.1) is 11.3 Å². The van der Waals surface area contributed by atoms with E-state index in [1.165, 1.54) is 27.9 Å². The minimum absolute atomic E-state index is 0.0218. The number of nitrogens with one attached hydrogen (secondary N) is 1. The molecule has 0 unspecified atom stereocenters. The molecule has 1 aliphatic rings. The number of rotatable bonds is 3. The molecule has 0 spiro atoms. The molecule has 4 nitrogen and oxygen atoms in total. The zero-order valence-electron chi connectivity index (χ0n) is 12.4. The molecule has 0 radical (unpaired) electrons. The van der Waals surface area contributed by atoms with Gasteiger partial charge in [-0.05, 0) is 43.9 Å².